The lowest BCUT2D eigenvalue weighted by Gasteiger charge is -2.39. The van der Waals surface area contributed by atoms with Gasteiger partial charge in [-0.2, -0.15) is 0 Å². The third-order valence-corrected chi connectivity index (χ3v) is 16.2. The summed E-state index contributed by atoms with van der Waals surface area (Å²) in [5.74, 6) is -0.725. The van der Waals surface area contributed by atoms with E-state index in [1.807, 2.05) is 56.0 Å². The quantitative estimate of drug-likeness (QED) is 0.0453. The number of nitrogens with one attached hydrogen (secondary N) is 6. The van der Waals surface area contributed by atoms with E-state index < -0.39 is 23.0 Å². The van der Waals surface area contributed by atoms with Crippen molar-refractivity contribution in [3.63, 3.8) is 0 Å². The molecule has 2 amide bonds. The van der Waals surface area contributed by atoms with Crippen molar-refractivity contribution < 1.29 is 33.0 Å². The molecule has 4 aliphatic heterocycles. The van der Waals surface area contributed by atoms with E-state index in [0.717, 1.165) is 96.0 Å². The highest BCUT2D eigenvalue weighted by molar-refractivity contribution is 6.05. The van der Waals surface area contributed by atoms with Gasteiger partial charge in [-0.25, -0.2) is 8.78 Å². The van der Waals surface area contributed by atoms with Crippen molar-refractivity contribution in [2.75, 3.05) is 75.9 Å². The van der Waals surface area contributed by atoms with Gasteiger partial charge in [0.25, 0.3) is 5.91 Å². The monoisotopic (exact) mass is 1020 g/mol. The van der Waals surface area contributed by atoms with Crippen molar-refractivity contribution in [2.45, 2.75) is 122 Å². The second kappa shape index (κ2) is 23.3. The van der Waals surface area contributed by atoms with Crippen LogP contribution in [0.1, 0.15) is 117 Å². The van der Waals surface area contributed by atoms with E-state index in [4.69, 9.17) is 4.74 Å². The average Bonchev–Trinajstić information content (AvgIpc) is 4.24. The minimum atomic E-state index is -1.90. The molecular formula is C58H77F2N9O5. The Balaban J connectivity index is 0.776. The van der Waals surface area contributed by atoms with Crippen molar-refractivity contribution >= 4 is 46.3 Å². The molecule has 5 unspecified atom stereocenters. The molecule has 1 aromatic heterocycles. The maximum absolute atomic E-state index is 16.1. The van der Waals surface area contributed by atoms with Crippen molar-refractivity contribution in [1.82, 2.24) is 30.7 Å². The molecule has 1 aliphatic carbocycles. The Bertz CT molecular complexity index is 2690. The molecule has 1 saturated carbocycles. The maximum Gasteiger partial charge on any atom is 0.253 e. The summed E-state index contributed by atoms with van der Waals surface area (Å²) in [6, 6.07) is 10.6. The number of Topliss-reactive ketones (excluding diaryl/α,β-unsaturated/α-hetero) is 1. The van der Waals surface area contributed by atoms with Gasteiger partial charge in [-0.05, 0) is 164 Å². The molecule has 1 spiro atoms. The molecule has 0 bridgehead atoms. The van der Waals surface area contributed by atoms with Crippen LogP contribution in [0.25, 0.3) is 11.6 Å². The van der Waals surface area contributed by atoms with E-state index >= 15 is 8.78 Å². The predicted octanol–water partition coefficient (Wildman–Crippen LogP) is 8.35. The van der Waals surface area contributed by atoms with Crippen LogP contribution in [0.3, 0.4) is 0 Å². The molecular weight excluding hydrogens is 941 g/mol. The van der Waals surface area contributed by atoms with Crippen molar-refractivity contribution in [3.8, 4) is 0 Å². The number of aromatic nitrogens is 1. The molecule has 14 nitrogen and oxygen atoms in total. The Labute approximate surface area is 435 Å². The highest BCUT2D eigenvalue weighted by Gasteiger charge is 2.64. The third-order valence-electron chi connectivity index (χ3n) is 16.2. The van der Waals surface area contributed by atoms with E-state index in [0.29, 0.717) is 74.0 Å². The number of anilines is 3. The number of benzene rings is 2. The number of rotatable bonds is 19. The number of carbonyl (C=O) groups is 3. The number of amides is 2. The second-order valence-corrected chi connectivity index (χ2v) is 21.4. The summed E-state index contributed by atoms with van der Waals surface area (Å²) in [6.45, 7) is 17.3. The van der Waals surface area contributed by atoms with Gasteiger partial charge in [-0.3, -0.25) is 24.3 Å². The minimum absolute atomic E-state index is 0.0728. The first-order chi connectivity index (χ1) is 35.4. The summed E-state index contributed by atoms with van der Waals surface area (Å²) in [7, 11) is 3.24. The zero-order valence-electron chi connectivity index (χ0n) is 44.5. The molecule has 2 aromatic carbocycles. The van der Waals surface area contributed by atoms with E-state index in [1.165, 1.54) is 12.3 Å². The van der Waals surface area contributed by atoms with E-state index in [2.05, 4.69) is 74.7 Å². The lowest BCUT2D eigenvalue weighted by Crippen LogP contribution is -2.68. The van der Waals surface area contributed by atoms with Gasteiger partial charge in [0, 0.05) is 111 Å². The predicted molar refractivity (Wildman–Crippen MR) is 290 cm³/mol. The van der Waals surface area contributed by atoms with Crippen LogP contribution in [0.15, 0.2) is 78.0 Å². The van der Waals surface area contributed by atoms with Gasteiger partial charge in [0.1, 0.15) is 5.82 Å². The van der Waals surface area contributed by atoms with Gasteiger partial charge in [0.15, 0.2) is 11.6 Å². The van der Waals surface area contributed by atoms with Gasteiger partial charge in [0.2, 0.25) is 11.6 Å². The number of aliphatic hydroxyl groups is 1. The van der Waals surface area contributed by atoms with Gasteiger partial charge in [-0.1, -0.05) is 24.6 Å². The van der Waals surface area contributed by atoms with Crippen LogP contribution in [-0.4, -0.2) is 121 Å². The molecule has 398 valence electrons. The molecule has 16 heteroatoms. The van der Waals surface area contributed by atoms with Crippen molar-refractivity contribution in [3.05, 3.63) is 117 Å². The molecule has 8 rings (SSSR count). The van der Waals surface area contributed by atoms with E-state index in [9.17, 15) is 19.5 Å². The van der Waals surface area contributed by atoms with Gasteiger partial charge in [0.05, 0.1) is 23.3 Å². The zero-order valence-corrected chi connectivity index (χ0v) is 44.5. The molecule has 5 heterocycles. The zero-order chi connectivity index (χ0) is 52.9. The van der Waals surface area contributed by atoms with Crippen molar-refractivity contribution in [1.29, 1.82) is 0 Å². The average molecular weight is 1020 g/mol. The summed E-state index contributed by atoms with van der Waals surface area (Å²) < 4.78 is 36.5. The maximum atomic E-state index is 16.1. The number of hydrogen-bond acceptors (Lipinski definition) is 12. The number of piperidine rings is 2. The number of carbonyl (C=O) groups excluding carboxylic acids is 3. The molecule has 5 atom stereocenters. The third kappa shape index (κ3) is 11.9. The highest BCUT2D eigenvalue weighted by atomic mass is 19.1. The Morgan fingerprint density at radius 1 is 1.05 bits per heavy atom. The fourth-order valence-electron chi connectivity index (χ4n) is 11.1. The SMILES string of the molecule is CNC(=C/C(C)OC)/C(F)=C\Nc1ccnc(C)c1/C=C(\C)C(C)N1CC=C(c2c(C)cc(C(=O)N3CCC(CNCCC(C)CNc4ccc5c(c4)C4(CC4)C(=O)C4(O)NC(=O)CCC4N5)CC3)cc2F)CC1. The Morgan fingerprint density at radius 2 is 1.82 bits per heavy atom. The normalized spacial score (nSPS) is 22.6. The number of hydrogen-bond donors (Lipinski definition) is 7. The Hall–Kier alpha value is -5.94. The fraction of sp³-hybridized carbons (Fsp3) is 0.517. The summed E-state index contributed by atoms with van der Waals surface area (Å²) in [6.07, 6.45) is 14.0. The van der Waals surface area contributed by atoms with Crippen LogP contribution in [0.5, 0.6) is 0 Å². The second-order valence-electron chi connectivity index (χ2n) is 21.4. The first kappa shape index (κ1) is 54.3. The summed E-state index contributed by atoms with van der Waals surface area (Å²) in [4.78, 5) is 48.4. The number of nitrogens with zero attached hydrogens (tertiary/aromatic N) is 3. The molecule has 7 N–H and O–H groups in total. The smallest absolute Gasteiger partial charge is 0.253 e. The van der Waals surface area contributed by atoms with Crippen LogP contribution in [0.4, 0.5) is 25.8 Å². The van der Waals surface area contributed by atoms with Crippen molar-refractivity contribution in [2.24, 2.45) is 11.8 Å². The lowest BCUT2D eigenvalue weighted by molar-refractivity contribution is -0.155. The number of ether oxygens (including phenoxy) is 1. The molecule has 3 aromatic rings. The van der Waals surface area contributed by atoms with Crippen LogP contribution >= 0.6 is 0 Å². The summed E-state index contributed by atoms with van der Waals surface area (Å²) >= 11 is 0. The highest BCUT2D eigenvalue weighted by Crippen LogP contribution is 2.56. The van der Waals surface area contributed by atoms with Crippen LogP contribution in [0.2, 0.25) is 0 Å². The number of fused-ring (bicyclic) bond motifs is 3. The topological polar surface area (TPSA) is 172 Å². The molecule has 0 radical (unpaired) electrons. The number of allylic oxidation sites excluding steroid dienone is 1. The van der Waals surface area contributed by atoms with E-state index in [1.54, 1.807) is 26.4 Å². The number of pyridine rings is 1. The summed E-state index contributed by atoms with van der Waals surface area (Å²) in [5.41, 5.74) is 6.51. The number of methoxy groups -OCH3 is 1. The lowest BCUT2D eigenvalue weighted by atomic mass is 9.81. The number of halogens is 2. The first-order valence-electron chi connectivity index (χ1n) is 26.6. The molecule has 74 heavy (non-hydrogen) atoms. The first-order valence-corrected chi connectivity index (χ1v) is 26.6. The summed E-state index contributed by atoms with van der Waals surface area (Å²) in [5, 5.41) is 30.6. The van der Waals surface area contributed by atoms with Crippen LogP contribution < -0.4 is 31.9 Å². The van der Waals surface area contributed by atoms with Gasteiger partial charge in [-0.15, -0.1) is 0 Å². The Kier molecular flexibility index (Phi) is 17.1. The molecule has 3 fully saturated rings. The standard InChI is InChI=1S/C58H77F2N9O5/c1-35(32-64-44-9-10-50-46(31-44)57(19-20-57)56(72)58(73)52(66-50)11-12-53(70)67-58)13-21-62-33-41-15-23-69(24-16-41)55(71)43-27-37(3)54(47(59)30-43)42-17-25-68(26-18-42)40(6)36(2)28-45-39(5)63-22-14-49(45)65-34-48(60)51(61-7)29-38(4)74-8/h9-10,14,17,22,27-31,34-35,38,40-41,52,61-62,64,66,73H,11-13,15-16,18-21,23-26,32-33H2,1-8H3,(H,63,65)(H,67,70)/b36-28+,48-34+,51-29+. The van der Waals surface area contributed by atoms with Gasteiger partial charge < -0.3 is 46.6 Å². The number of ketones is 1. The number of likely N-dealkylation sites (N-methyl/N-ethyl adjacent to an activating group) is 1. The fourth-order valence-corrected chi connectivity index (χ4v) is 11.1. The van der Waals surface area contributed by atoms with Gasteiger partial charge >= 0.3 is 0 Å². The molecule has 2 saturated heterocycles. The van der Waals surface area contributed by atoms with Crippen LogP contribution in [-0.2, 0) is 19.7 Å². The Morgan fingerprint density at radius 3 is 2.51 bits per heavy atom. The van der Waals surface area contributed by atoms with E-state index in [-0.39, 0.29) is 42.0 Å². The minimum Gasteiger partial charge on any atom is -0.386 e. The van der Waals surface area contributed by atoms with Crippen LogP contribution in [0, 0.1) is 31.5 Å². The number of likely N-dealkylation sites (tertiary alicyclic amines) is 1. The number of aryl methyl sites for hydroxylation is 2. The molecule has 5 aliphatic rings. The largest absolute Gasteiger partial charge is 0.386 e.